The highest BCUT2D eigenvalue weighted by Crippen LogP contribution is 2.31. The van der Waals surface area contributed by atoms with Crippen LogP contribution in [0.15, 0.2) is 0 Å². The molecule has 0 saturated heterocycles. The summed E-state index contributed by atoms with van der Waals surface area (Å²) < 4.78 is 0. The second-order valence-corrected chi connectivity index (χ2v) is 8.29. The Hall–Kier alpha value is 0. The molecule has 5 atom stereocenters. The number of unbranched alkanes of at least 4 members (excludes halogenated alkanes) is 1. The van der Waals surface area contributed by atoms with Crippen molar-refractivity contribution in [2.75, 3.05) is 0 Å². The summed E-state index contributed by atoms with van der Waals surface area (Å²) >= 11 is 0. The van der Waals surface area contributed by atoms with E-state index in [1.165, 1.54) is 64.2 Å². The predicted molar refractivity (Wildman–Crippen MR) is 103 cm³/mol. The molecule has 0 aromatic rings. The number of rotatable bonds is 14. The molecule has 0 saturated carbocycles. The van der Waals surface area contributed by atoms with E-state index in [4.69, 9.17) is 0 Å². The van der Waals surface area contributed by atoms with Gasteiger partial charge in [-0.3, -0.25) is 0 Å². The summed E-state index contributed by atoms with van der Waals surface area (Å²) in [4.78, 5) is 0. The lowest BCUT2D eigenvalue weighted by Gasteiger charge is -2.29. The summed E-state index contributed by atoms with van der Waals surface area (Å²) in [6.07, 6.45) is 14.1. The van der Waals surface area contributed by atoms with Crippen molar-refractivity contribution in [1.82, 2.24) is 0 Å². The van der Waals surface area contributed by atoms with Crippen LogP contribution in [-0.4, -0.2) is 0 Å². The van der Waals surface area contributed by atoms with Gasteiger partial charge in [0.05, 0.1) is 0 Å². The summed E-state index contributed by atoms with van der Waals surface area (Å²) in [5.41, 5.74) is 0. The molecule has 0 amide bonds. The van der Waals surface area contributed by atoms with Crippen molar-refractivity contribution in [3.63, 3.8) is 0 Å². The zero-order chi connectivity index (χ0) is 17.0. The zero-order valence-electron chi connectivity index (χ0n) is 17.0. The van der Waals surface area contributed by atoms with E-state index in [0.29, 0.717) is 0 Å². The Morgan fingerprint density at radius 1 is 0.636 bits per heavy atom. The Kier molecular flexibility index (Phi) is 13.4. The first-order chi connectivity index (χ1) is 10.5. The van der Waals surface area contributed by atoms with Crippen LogP contribution in [0.5, 0.6) is 0 Å². The molecule has 0 N–H and O–H groups in total. The molecule has 0 heteroatoms. The van der Waals surface area contributed by atoms with Gasteiger partial charge in [-0.1, -0.05) is 106 Å². The van der Waals surface area contributed by atoms with Crippen LogP contribution in [0.3, 0.4) is 0 Å². The van der Waals surface area contributed by atoms with Gasteiger partial charge in [0.2, 0.25) is 0 Å². The molecule has 0 aliphatic rings. The highest BCUT2D eigenvalue weighted by molar-refractivity contribution is 4.72. The molecular formula is C22H46. The fourth-order valence-electron chi connectivity index (χ4n) is 4.06. The molecule has 134 valence electrons. The Labute approximate surface area is 142 Å². The minimum atomic E-state index is 0.888. The fourth-order valence-corrected chi connectivity index (χ4v) is 4.06. The highest BCUT2D eigenvalue weighted by atomic mass is 14.3. The van der Waals surface area contributed by atoms with Crippen molar-refractivity contribution < 1.29 is 0 Å². The number of hydrogen-bond donors (Lipinski definition) is 0. The molecule has 0 rings (SSSR count). The standard InChI is InChI=1S/C22H46/c1-8-13-18(4)15-11-12-16-19(5)21(7)20(6)17-22(10-3)14-9-2/h18-22H,8-17H2,1-7H3. The first kappa shape index (κ1) is 22.0. The third kappa shape index (κ3) is 9.90. The van der Waals surface area contributed by atoms with E-state index < -0.39 is 0 Å². The van der Waals surface area contributed by atoms with E-state index in [2.05, 4.69) is 48.5 Å². The molecule has 5 unspecified atom stereocenters. The Bertz CT molecular complexity index is 232. The van der Waals surface area contributed by atoms with Crippen LogP contribution in [0.4, 0.5) is 0 Å². The van der Waals surface area contributed by atoms with Gasteiger partial charge in [0, 0.05) is 0 Å². The molecule has 0 bridgehead atoms. The van der Waals surface area contributed by atoms with Gasteiger partial charge in [0.25, 0.3) is 0 Å². The second kappa shape index (κ2) is 13.4. The van der Waals surface area contributed by atoms with Crippen molar-refractivity contribution in [1.29, 1.82) is 0 Å². The largest absolute Gasteiger partial charge is 0.0654 e. The summed E-state index contributed by atoms with van der Waals surface area (Å²) in [7, 11) is 0. The van der Waals surface area contributed by atoms with E-state index in [0.717, 1.165) is 29.6 Å². The SMILES string of the molecule is CCCC(C)CCCCC(C)C(C)C(C)CC(CC)CCC. The molecule has 0 fully saturated rings. The van der Waals surface area contributed by atoms with Crippen LogP contribution in [0.1, 0.15) is 113 Å². The summed E-state index contributed by atoms with van der Waals surface area (Å²) in [6, 6.07) is 0. The van der Waals surface area contributed by atoms with Crippen molar-refractivity contribution in [2.45, 2.75) is 113 Å². The van der Waals surface area contributed by atoms with Gasteiger partial charge < -0.3 is 0 Å². The average molecular weight is 311 g/mol. The summed E-state index contributed by atoms with van der Waals surface area (Å²) in [5.74, 6) is 4.58. The quantitative estimate of drug-likeness (QED) is 0.284. The third-order valence-electron chi connectivity index (χ3n) is 6.16. The minimum Gasteiger partial charge on any atom is -0.0654 e. The van der Waals surface area contributed by atoms with Crippen LogP contribution in [0, 0.1) is 29.6 Å². The first-order valence-corrected chi connectivity index (χ1v) is 10.5. The van der Waals surface area contributed by atoms with Gasteiger partial charge in [-0.15, -0.1) is 0 Å². The van der Waals surface area contributed by atoms with Crippen LogP contribution in [-0.2, 0) is 0 Å². The van der Waals surface area contributed by atoms with E-state index in [1.54, 1.807) is 0 Å². The van der Waals surface area contributed by atoms with Crippen LogP contribution < -0.4 is 0 Å². The van der Waals surface area contributed by atoms with E-state index in [-0.39, 0.29) is 0 Å². The first-order valence-electron chi connectivity index (χ1n) is 10.5. The van der Waals surface area contributed by atoms with E-state index in [1.807, 2.05) is 0 Å². The topological polar surface area (TPSA) is 0 Å². The maximum atomic E-state index is 2.51. The monoisotopic (exact) mass is 310 g/mol. The van der Waals surface area contributed by atoms with Gasteiger partial charge in [0.15, 0.2) is 0 Å². The Balaban J connectivity index is 3.96. The molecule has 0 aliphatic heterocycles. The van der Waals surface area contributed by atoms with Gasteiger partial charge in [-0.2, -0.15) is 0 Å². The van der Waals surface area contributed by atoms with E-state index in [9.17, 15) is 0 Å². The van der Waals surface area contributed by atoms with E-state index >= 15 is 0 Å². The molecule has 0 spiro atoms. The lowest BCUT2D eigenvalue weighted by atomic mass is 9.77. The summed E-state index contributed by atoms with van der Waals surface area (Å²) in [6.45, 7) is 16.9. The van der Waals surface area contributed by atoms with Gasteiger partial charge in [-0.05, 0) is 36.0 Å². The predicted octanol–water partition coefficient (Wildman–Crippen LogP) is 8.11. The molecular weight excluding hydrogens is 264 g/mol. The van der Waals surface area contributed by atoms with Gasteiger partial charge in [-0.25, -0.2) is 0 Å². The molecule has 22 heavy (non-hydrogen) atoms. The van der Waals surface area contributed by atoms with Gasteiger partial charge >= 0.3 is 0 Å². The molecule has 0 aliphatic carbocycles. The van der Waals surface area contributed by atoms with Crippen molar-refractivity contribution >= 4 is 0 Å². The van der Waals surface area contributed by atoms with Crippen molar-refractivity contribution in [3.8, 4) is 0 Å². The molecule has 0 nitrogen and oxygen atoms in total. The molecule has 0 aromatic carbocycles. The Morgan fingerprint density at radius 3 is 1.77 bits per heavy atom. The molecule has 0 radical (unpaired) electrons. The summed E-state index contributed by atoms with van der Waals surface area (Å²) in [5, 5.41) is 0. The fraction of sp³-hybridized carbons (Fsp3) is 1.00. The lowest BCUT2D eigenvalue weighted by molar-refractivity contribution is 0.215. The number of hydrogen-bond acceptors (Lipinski definition) is 0. The van der Waals surface area contributed by atoms with Crippen molar-refractivity contribution in [3.05, 3.63) is 0 Å². The average Bonchev–Trinajstić information content (AvgIpc) is 2.50. The highest BCUT2D eigenvalue weighted by Gasteiger charge is 2.21. The van der Waals surface area contributed by atoms with Crippen LogP contribution in [0.25, 0.3) is 0 Å². The third-order valence-corrected chi connectivity index (χ3v) is 6.16. The van der Waals surface area contributed by atoms with Crippen LogP contribution >= 0.6 is 0 Å². The maximum absolute atomic E-state index is 2.51. The normalized spacial score (nSPS) is 18.7. The minimum absolute atomic E-state index is 0.888. The maximum Gasteiger partial charge on any atom is -0.0391 e. The second-order valence-electron chi connectivity index (χ2n) is 8.29. The molecule has 0 aromatic heterocycles. The van der Waals surface area contributed by atoms with Crippen molar-refractivity contribution in [2.24, 2.45) is 29.6 Å². The Morgan fingerprint density at radius 2 is 1.23 bits per heavy atom. The lowest BCUT2D eigenvalue weighted by Crippen LogP contribution is -2.19. The smallest absolute Gasteiger partial charge is 0.0391 e. The van der Waals surface area contributed by atoms with Crippen LogP contribution in [0.2, 0.25) is 0 Å². The van der Waals surface area contributed by atoms with Gasteiger partial charge in [0.1, 0.15) is 0 Å². The zero-order valence-corrected chi connectivity index (χ0v) is 17.0. The molecule has 0 heterocycles.